The van der Waals surface area contributed by atoms with Gasteiger partial charge in [0.2, 0.25) is 0 Å². The average Bonchev–Trinajstić information content (AvgIpc) is 2.83. The molecule has 1 N–H and O–H groups in total. The lowest BCUT2D eigenvalue weighted by atomic mass is 9.96. The summed E-state index contributed by atoms with van der Waals surface area (Å²) in [6, 6.07) is 27.0. The van der Waals surface area contributed by atoms with E-state index in [2.05, 4.69) is 11.4 Å². The average molecular weight is 424 g/mol. The SMILES string of the molecule is CCCCOC(=O)C(=Cc1c2ccccc2cc2ccccc12)NC(=O)c1ccccc1. The van der Waals surface area contributed by atoms with Crippen molar-refractivity contribution in [3.8, 4) is 0 Å². The first-order chi connectivity index (χ1) is 15.7. The molecule has 0 aliphatic rings. The maximum Gasteiger partial charge on any atom is 0.354 e. The largest absolute Gasteiger partial charge is 0.461 e. The predicted molar refractivity (Wildman–Crippen MR) is 129 cm³/mol. The number of hydrogen-bond donors (Lipinski definition) is 1. The summed E-state index contributed by atoms with van der Waals surface area (Å²) in [5.41, 5.74) is 1.47. The molecule has 0 fully saturated rings. The smallest absolute Gasteiger partial charge is 0.354 e. The summed E-state index contributed by atoms with van der Waals surface area (Å²) >= 11 is 0. The lowest BCUT2D eigenvalue weighted by molar-refractivity contribution is -0.139. The Kier molecular flexibility index (Phi) is 6.61. The second kappa shape index (κ2) is 9.92. The summed E-state index contributed by atoms with van der Waals surface area (Å²) in [5.74, 6) is -0.895. The van der Waals surface area contributed by atoms with E-state index in [1.165, 1.54) is 0 Å². The van der Waals surface area contributed by atoms with E-state index < -0.39 is 5.97 Å². The first-order valence-electron chi connectivity index (χ1n) is 10.8. The molecule has 0 atom stereocenters. The van der Waals surface area contributed by atoms with Crippen LogP contribution in [0.4, 0.5) is 0 Å². The Morgan fingerprint density at radius 1 is 0.844 bits per heavy atom. The molecule has 4 aromatic carbocycles. The van der Waals surface area contributed by atoms with Crippen LogP contribution in [0.25, 0.3) is 27.6 Å². The van der Waals surface area contributed by atoms with Gasteiger partial charge in [0, 0.05) is 5.56 Å². The molecule has 0 saturated heterocycles. The lowest BCUT2D eigenvalue weighted by Crippen LogP contribution is -2.28. The maximum atomic E-state index is 13.0. The Hall–Kier alpha value is -3.92. The van der Waals surface area contributed by atoms with E-state index in [4.69, 9.17) is 4.74 Å². The normalized spacial score (nSPS) is 11.5. The molecule has 0 aromatic heterocycles. The number of fused-ring (bicyclic) bond motifs is 2. The van der Waals surface area contributed by atoms with E-state index in [-0.39, 0.29) is 11.6 Å². The quantitative estimate of drug-likeness (QED) is 0.169. The number of hydrogen-bond acceptors (Lipinski definition) is 3. The van der Waals surface area contributed by atoms with Gasteiger partial charge in [0.1, 0.15) is 5.70 Å². The van der Waals surface area contributed by atoms with Crippen LogP contribution in [0.15, 0.2) is 90.6 Å². The third-order valence-corrected chi connectivity index (χ3v) is 5.34. The molecule has 32 heavy (non-hydrogen) atoms. The predicted octanol–water partition coefficient (Wildman–Crippen LogP) is 6.11. The number of rotatable bonds is 7. The van der Waals surface area contributed by atoms with Crippen LogP contribution in [0.5, 0.6) is 0 Å². The Balaban J connectivity index is 1.82. The van der Waals surface area contributed by atoms with Gasteiger partial charge in [0.05, 0.1) is 6.61 Å². The van der Waals surface area contributed by atoms with E-state index >= 15 is 0 Å². The van der Waals surface area contributed by atoms with Gasteiger partial charge in [-0.05, 0) is 57.8 Å². The van der Waals surface area contributed by atoms with E-state index in [9.17, 15) is 9.59 Å². The number of esters is 1. The highest BCUT2D eigenvalue weighted by Crippen LogP contribution is 2.30. The summed E-state index contributed by atoms with van der Waals surface area (Å²) in [4.78, 5) is 25.8. The molecule has 0 unspecified atom stereocenters. The topological polar surface area (TPSA) is 55.4 Å². The summed E-state index contributed by atoms with van der Waals surface area (Å²) in [7, 11) is 0. The molecule has 4 heteroatoms. The van der Waals surface area contributed by atoms with Gasteiger partial charge < -0.3 is 10.1 Å². The van der Waals surface area contributed by atoms with Crippen LogP contribution in [0.1, 0.15) is 35.7 Å². The van der Waals surface area contributed by atoms with Crippen molar-refractivity contribution in [1.82, 2.24) is 5.32 Å². The van der Waals surface area contributed by atoms with Gasteiger partial charge in [-0.25, -0.2) is 4.79 Å². The fraction of sp³-hybridized carbons (Fsp3) is 0.143. The number of benzene rings is 4. The molecule has 0 saturated carbocycles. The zero-order valence-electron chi connectivity index (χ0n) is 18.0. The van der Waals surface area contributed by atoms with Crippen molar-refractivity contribution in [2.75, 3.05) is 6.61 Å². The third kappa shape index (κ3) is 4.70. The van der Waals surface area contributed by atoms with Crippen LogP contribution in [0.3, 0.4) is 0 Å². The van der Waals surface area contributed by atoms with Gasteiger partial charge >= 0.3 is 5.97 Å². The molecule has 0 aliphatic carbocycles. The first-order valence-corrected chi connectivity index (χ1v) is 10.8. The number of carbonyl (C=O) groups excluding carboxylic acids is 2. The number of unbranched alkanes of at least 4 members (excludes halogenated alkanes) is 1. The van der Waals surface area contributed by atoms with Crippen molar-refractivity contribution in [2.45, 2.75) is 19.8 Å². The van der Waals surface area contributed by atoms with Crippen LogP contribution in [0, 0.1) is 0 Å². The van der Waals surface area contributed by atoms with Gasteiger partial charge in [-0.3, -0.25) is 4.79 Å². The molecule has 160 valence electrons. The molecule has 0 radical (unpaired) electrons. The molecule has 0 heterocycles. The standard InChI is InChI=1S/C28H25NO3/c1-2-3-17-32-28(31)26(29-27(30)20-11-5-4-6-12-20)19-25-23-15-9-7-13-21(23)18-22-14-8-10-16-24(22)25/h4-16,18-19H,2-3,17H2,1H3,(H,29,30). The van der Waals surface area contributed by atoms with Gasteiger partial charge in [-0.1, -0.05) is 80.1 Å². The highest BCUT2D eigenvalue weighted by atomic mass is 16.5. The first kappa shape index (κ1) is 21.3. The number of carbonyl (C=O) groups is 2. The second-order valence-corrected chi connectivity index (χ2v) is 7.60. The van der Waals surface area contributed by atoms with Crippen LogP contribution < -0.4 is 5.32 Å². The summed E-state index contributed by atoms with van der Waals surface area (Å²) in [6.45, 7) is 2.34. The van der Waals surface area contributed by atoms with Crippen molar-refractivity contribution >= 4 is 39.5 Å². The maximum absolute atomic E-state index is 13.0. The molecule has 0 aliphatic heterocycles. The van der Waals surface area contributed by atoms with Crippen LogP contribution in [-0.2, 0) is 9.53 Å². The zero-order chi connectivity index (χ0) is 22.3. The molecule has 0 spiro atoms. The molecule has 1 amide bonds. The summed E-state index contributed by atoms with van der Waals surface area (Å²) in [6.07, 6.45) is 3.42. The highest BCUT2D eigenvalue weighted by molar-refractivity contribution is 6.10. The minimum absolute atomic E-state index is 0.122. The van der Waals surface area contributed by atoms with E-state index in [1.54, 1.807) is 30.3 Å². The van der Waals surface area contributed by atoms with Crippen molar-refractivity contribution in [1.29, 1.82) is 0 Å². The second-order valence-electron chi connectivity index (χ2n) is 7.60. The molecule has 4 rings (SSSR count). The highest BCUT2D eigenvalue weighted by Gasteiger charge is 2.17. The number of ether oxygens (including phenoxy) is 1. The minimum atomic E-state index is -0.542. The Morgan fingerprint density at radius 3 is 2.06 bits per heavy atom. The molecular weight excluding hydrogens is 398 g/mol. The monoisotopic (exact) mass is 423 g/mol. The van der Waals surface area contributed by atoms with E-state index in [0.717, 1.165) is 39.9 Å². The van der Waals surface area contributed by atoms with Crippen molar-refractivity contribution in [2.24, 2.45) is 0 Å². The molecule has 4 aromatic rings. The van der Waals surface area contributed by atoms with Gasteiger partial charge in [0.25, 0.3) is 5.91 Å². The van der Waals surface area contributed by atoms with Crippen LogP contribution in [-0.4, -0.2) is 18.5 Å². The fourth-order valence-electron chi connectivity index (χ4n) is 3.67. The molecular formula is C28H25NO3. The lowest BCUT2D eigenvalue weighted by Gasteiger charge is -2.13. The third-order valence-electron chi connectivity index (χ3n) is 5.34. The number of nitrogens with one attached hydrogen (secondary N) is 1. The van der Waals surface area contributed by atoms with Gasteiger partial charge in [-0.15, -0.1) is 0 Å². The number of amides is 1. The Bertz CT molecular complexity index is 1240. The molecule has 0 bridgehead atoms. The van der Waals surface area contributed by atoms with Gasteiger partial charge in [0.15, 0.2) is 0 Å². The van der Waals surface area contributed by atoms with Crippen molar-refractivity contribution in [3.63, 3.8) is 0 Å². The Labute approximate surface area is 187 Å². The van der Waals surface area contributed by atoms with Gasteiger partial charge in [-0.2, -0.15) is 0 Å². The molecule has 4 nitrogen and oxygen atoms in total. The minimum Gasteiger partial charge on any atom is -0.461 e. The van der Waals surface area contributed by atoms with Crippen LogP contribution >= 0.6 is 0 Å². The van der Waals surface area contributed by atoms with E-state index in [1.807, 2.05) is 61.5 Å². The van der Waals surface area contributed by atoms with E-state index in [0.29, 0.717) is 12.2 Å². The Morgan fingerprint density at radius 2 is 1.44 bits per heavy atom. The fourth-order valence-corrected chi connectivity index (χ4v) is 3.67. The summed E-state index contributed by atoms with van der Waals surface area (Å²) in [5, 5.41) is 6.91. The van der Waals surface area contributed by atoms with Crippen LogP contribution in [0.2, 0.25) is 0 Å². The summed E-state index contributed by atoms with van der Waals surface area (Å²) < 4.78 is 5.46. The van der Waals surface area contributed by atoms with Crippen molar-refractivity contribution < 1.29 is 14.3 Å². The zero-order valence-corrected chi connectivity index (χ0v) is 18.0. The van der Waals surface area contributed by atoms with Crippen molar-refractivity contribution in [3.05, 3.63) is 102 Å².